The van der Waals surface area contributed by atoms with Gasteiger partial charge in [-0.15, -0.1) is 0 Å². The zero-order valence-corrected chi connectivity index (χ0v) is 17.3. The summed E-state index contributed by atoms with van der Waals surface area (Å²) in [7, 11) is 0. The molecule has 31 heavy (non-hydrogen) atoms. The van der Waals surface area contributed by atoms with E-state index < -0.39 is 6.10 Å². The molecule has 3 aromatic rings. The number of carbonyl (C=O) groups is 2. The van der Waals surface area contributed by atoms with Gasteiger partial charge in [-0.3, -0.25) is 9.59 Å². The third kappa shape index (κ3) is 3.95. The van der Waals surface area contributed by atoms with Crippen molar-refractivity contribution in [2.24, 2.45) is 0 Å². The molecule has 0 spiro atoms. The number of aromatic nitrogens is 1. The highest BCUT2D eigenvalue weighted by atomic mass is 16.6. The second-order valence-electron chi connectivity index (χ2n) is 7.89. The van der Waals surface area contributed by atoms with Crippen molar-refractivity contribution in [2.45, 2.75) is 19.1 Å². The first-order valence-electron chi connectivity index (χ1n) is 10.7. The van der Waals surface area contributed by atoms with Crippen LogP contribution in [0.15, 0.2) is 60.8 Å². The van der Waals surface area contributed by atoms with Crippen LogP contribution in [0.1, 0.15) is 6.42 Å². The van der Waals surface area contributed by atoms with Gasteiger partial charge in [0, 0.05) is 50.9 Å². The largest absolute Gasteiger partial charge is 0.485 e. The normalized spacial score (nSPS) is 18.3. The quantitative estimate of drug-likeness (QED) is 0.652. The van der Waals surface area contributed by atoms with Crippen LogP contribution in [0.25, 0.3) is 10.9 Å². The van der Waals surface area contributed by atoms with Crippen LogP contribution < -0.4 is 9.47 Å². The lowest BCUT2D eigenvalue weighted by molar-refractivity contribution is -0.146. The molecule has 0 saturated carbocycles. The third-order valence-electron chi connectivity index (χ3n) is 5.97. The summed E-state index contributed by atoms with van der Waals surface area (Å²) in [6, 6.07) is 17.6. The Hall–Kier alpha value is -3.48. The van der Waals surface area contributed by atoms with Crippen LogP contribution in [0.5, 0.6) is 11.5 Å². The smallest absolute Gasteiger partial charge is 0.267 e. The Morgan fingerprint density at radius 1 is 0.871 bits per heavy atom. The van der Waals surface area contributed by atoms with Crippen LogP contribution in [0.4, 0.5) is 0 Å². The predicted molar refractivity (Wildman–Crippen MR) is 116 cm³/mol. The van der Waals surface area contributed by atoms with Gasteiger partial charge in [0.25, 0.3) is 5.91 Å². The molecule has 5 rings (SSSR count). The molecule has 2 amide bonds. The van der Waals surface area contributed by atoms with Gasteiger partial charge < -0.3 is 23.8 Å². The summed E-state index contributed by atoms with van der Waals surface area (Å²) in [6.45, 7) is 2.97. The number of carbonyl (C=O) groups excluding carboxylic acids is 2. The summed E-state index contributed by atoms with van der Waals surface area (Å²) < 4.78 is 13.6. The molecular weight excluding hydrogens is 394 g/mol. The summed E-state index contributed by atoms with van der Waals surface area (Å²) in [5, 5.41) is 1.18. The SMILES string of the molecule is O=C(CCn1ccc2ccccc21)N1CCN(C(=O)C2COc3ccccc3O2)CC1. The Morgan fingerprint density at radius 2 is 1.58 bits per heavy atom. The monoisotopic (exact) mass is 419 g/mol. The van der Waals surface area contributed by atoms with Gasteiger partial charge in [-0.1, -0.05) is 30.3 Å². The number of rotatable bonds is 4. The first-order valence-corrected chi connectivity index (χ1v) is 10.7. The zero-order chi connectivity index (χ0) is 21.2. The van der Waals surface area contributed by atoms with Gasteiger partial charge in [0.1, 0.15) is 6.61 Å². The highest BCUT2D eigenvalue weighted by molar-refractivity contribution is 5.83. The Kier molecular flexibility index (Phi) is 5.24. The zero-order valence-electron chi connectivity index (χ0n) is 17.3. The summed E-state index contributed by atoms with van der Waals surface area (Å²) in [4.78, 5) is 29.2. The van der Waals surface area contributed by atoms with Crippen LogP contribution in [0.2, 0.25) is 0 Å². The predicted octanol–water partition coefficient (Wildman–Crippen LogP) is 2.54. The molecule has 2 aromatic carbocycles. The molecule has 2 aliphatic heterocycles. The molecule has 1 saturated heterocycles. The number of ether oxygens (including phenoxy) is 2. The van der Waals surface area contributed by atoms with Crippen molar-refractivity contribution in [3.05, 3.63) is 60.8 Å². The summed E-state index contributed by atoms with van der Waals surface area (Å²) in [6.07, 6.45) is 1.83. The standard InChI is InChI=1S/C24H25N3O4/c28-23(10-12-25-11-9-18-5-1-2-6-19(18)25)26-13-15-27(16-14-26)24(29)22-17-30-20-7-3-4-8-21(20)31-22/h1-9,11,22H,10,12-17H2. The molecule has 0 aliphatic carbocycles. The summed E-state index contributed by atoms with van der Waals surface area (Å²) >= 11 is 0. The van der Waals surface area contributed by atoms with Crippen molar-refractivity contribution in [1.82, 2.24) is 14.4 Å². The maximum atomic E-state index is 12.9. The highest BCUT2D eigenvalue weighted by Crippen LogP contribution is 2.31. The molecule has 1 aromatic heterocycles. The number of aryl methyl sites for hydroxylation is 1. The molecule has 0 radical (unpaired) electrons. The van der Waals surface area contributed by atoms with Crippen molar-refractivity contribution >= 4 is 22.7 Å². The second-order valence-corrected chi connectivity index (χ2v) is 7.89. The van der Waals surface area contributed by atoms with Crippen LogP contribution in [0.3, 0.4) is 0 Å². The topological polar surface area (TPSA) is 64.0 Å². The van der Waals surface area contributed by atoms with Crippen molar-refractivity contribution in [3.63, 3.8) is 0 Å². The van der Waals surface area contributed by atoms with Crippen molar-refractivity contribution < 1.29 is 19.1 Å². The number of fused-ring (bicyclic) bond motifs is 2. The lowest BCUT2D eigenvalue weighted by atomic mass is 10.2. The summed E-state index contributed by atoms with van der Waals surface area (Å²) in [5.74, 6) is 1.30. The first kappa shape index (κ1) is 19.5. The average molecular weight is 419 g/mol. The fraction of sp³-hybridized carbons (Fsp3) is 0.333. The minimum atomic E-state index is -0.640. The van der Waals surface area contributed by atoms with Crippen LogP contribution in [-0.2, 0) is 16.1 Å². The number of benzene rings is 2. The van der Waals surface area contributed by atoms with E-state index in [4.69, 9.17) is 9.47 Å². The molecule has 3 heterocycles. The fourth-order valence-corrected chi connectivity index (χ4v) is 4.23. The van der Waals surface area contributed by atoms with Crippen LogP contribution >= 0.6 is 0 Å². The second kappa shape index (κ2) is 8.34. The molecule has 7 heteroatoms. The average Bonchev–Trinajstić information content (AvgIpc) is 3.25. The molecule has 160 valence electrons. The van der Waals surface area contributed by atoms with E-state index in [1.807, 2.05) is 41.4 Å². The van der Waals surface area contributed by atoms with Gasteiger partial charge in [-0.25, -0.2) is 0 Å². The van der Waals surface area contributed by atoms with Gasteiger partial charge >= 0.3 is 0 Å². The number of hydrogen-bond acceptors (Lipinski definition) is 4. The molecular formula is C24H25N3O4. The van der Waals surface area contributed by atoms with E-state index in [-0.39, 0.29) is 18.4 Å². The van der Waals surface area contributed by atoms with E-state index >= 15 is 0 Å². The van der Waals surface area contributed by atoms with Gasteiger partial charge in [-0.2, -0.15) is 0 Å². The number of hydrogen-bond donors (Lipinski definition) is 0. The number of piperazine rings is 1. The number of amides is 2. The fourth-order valence-electron chi connectivity index (χ4n) is 4.23. The van der Waals surface area contributed by atoms with Crippen molar-refractivity contribution in [1.29, 1.82) is 0 Å². The number of para-hydroxylation sites is 3. The van der Waals surface area contributed by atoms with Gasteiger partial charge in [-0.05, 0) is 29.7 Å². The van der Waals surface area contributed by atoms with Crippen molar-refractivity contribution in [2.75, 3.05) is 32.8 Å². The maximum Gasteiger partial charge on any atom is 0.267 e. The molecule has 2 aliphatic rings. The van der Waals surface area contributed by atoms with Gasteiger partial charge in [0.2, 0.25) is 12.0 Å². The first-order chi connectivity index (χ1) is 15.2. The van der Waals surface area contributed by atoms with Gasteiger partial charge in [0.05, 0.1) is 0 Å². The van der Waals surface area contributed by atoms with E-state index in [0.717, 1.165) is 5.52 Å². The van der Waals surface area contributed by atoms with Crippen LogP contribution in [-0.4, -0.2) is 65.1 Å². The molecule has 1 unspecified atom stereocenters. The maximum absolute atomic E-state index is 12.9. The lowest BCUT2D eigenvalue weighted by Gasteiger charge is -2.37. The third-order valence-corrected chi connectivity index (χ3v) is 5.97. The molecule has 1 atom stereocenters. The van der Waals surface area contributed by atoms with Crippen LogP contribution in [0, 0.1) is 0 Å². The molecule has 1 fully saturated rings. The number of nitrogens with zero attached hydrogens (tertiary/aromatic N) is 3. The Bertz CT molecular complexity index is 1100. The van der Waals surface area contributed by atoms with E-state index in [1.165, 1.54) is 5.39 Å². The van der Waals surface area contributed by atoms with E-state index in [2.05, 4.69) is 22.8 Å². The Balaban J connectivity index is 1.12. The van der Waals surface area contributed by atoms with Gasteiger partial charge in [0.15, 0.2) is 11.5 Å². The summed E-state index contributed by atoms with van der Waals surface area (Å²) in [5.41, 5.74) is 1.14. The minimum absolute atomic E-state index is 0.0830. The lowest BCUT2D eigenvalue weighted by Crippen LogP contribution is -2.55. The van der Waals surface area contributed by atoms with Crippen molar-refractivity contribution in [3.8, 4) is 11.5 Å². The molecule has 0 bridgehead atoms. The molecule has 7 nitrogen and oxygen atoms in total. The minimum Gasteiger partial charge on any atom is -0.485 e. The Labute approximate surface area is 180 Å². The molecule has 0 N–H and O–H groups in total. The Morgan fingerprint density at radius 3 is 2.42 bits per heavy atom. The highest BCUT2D eigenvalue weighted by Gasteiger charge is 2.33. The van der Waals surface area contributed by atoms with E-state index in [0.29, 0.717) is 50.6 Å². The van der Waals surface area contributed by atoms with E-state index in [1.54, 1.807) is 11.0 Å². The van der Waals surface area contributed by atoms with E-state index in [9.17, 15) is 9.59 Å².